The predicted molar refractivity (Wildman–Crippen MR) is 98.1 cm³/mol. The number of nitrogens with zero attached hydrogens (tertiary/aromatic N) is 2. The van der Waals surface area contributed by atoms with Crippen LogP contribution in [0.1, 0.15) is 17.5 Å². The van der Waals surface area contributed by atoms with Crippen LogP contribution in [0.15, 0.2) is 36.4 Å². The third-order valence-corrected chi connectivity index (χ3v) is 4.62. The largest absolute Gasteiger partial charge is 0.379 e. The summed E-state index contributed by atoms with van der Waals surface area (Å²) in [6.45, 7) is 4.39. The number of amides is 1. The number of rotatable bonds is 6. The van der Waals surface area contributed by atoms with E-state index in [0.717, 1.165) is 25.9 Å². The van der Waals surface area contributed by atoms with Gasteiger partial charge in [0.2, 0.25) is 5.91 Å². The molecule has 0 aliphatic carbocycles. The predicted octanol–water partition coefficient (Wildman–Crippen LogP) is 2.52. The molecule has 0 bridgehead atoms. The van der Waals surface area contributed by atoms with Gasteiger partial charge in [-0.25, -0.2) is 0 Å². The van der Waals surface area contributed by atoms with Crippen molar-refractivity contribution < 1.29 is 9.53 Å². The molecule has 132 valence electrons. The van der Waals surface area contributed by atoms with E-state index < -0.39 is 0 Å². The van der Waals surface area contributed by atoms with Crippen LogP contribution in [0.25, 0.3) is 0 Å². The topological polar surface area (TPSA) is 32.8 Å². The number of carbonyl (C=O) groups is 1. The van der Waals surface area contributed by atoms with E-state index in [0.29, 0.717) is 12.5 Å². The first-order chi connectivity index (χ1) is 11.5. The zero-order valence-corrected chi connectivity index (χ0v) is 15.4. The fraction of sp³-hybridized carbons (Fsp3) is 0.550. The molecule has 0 radical (unpaired) electrons. The molecule has 1 aliphatic rings. The lowest BCUT2D eigenvalue weighted by atomic mass is 9.87. The molecule has 4 nitrogen and oxygen atoms in total. The molecule has 0 spiro atoms. The van der Waals surface area contributed by atoms with Crippen LogP contribution in [0.5, 0.6) is 0 Å². The number of likely N-dealkylation sites (tertiary alicyclic amines) is 1. The van der Waals surface area contributed by atoms with Gasteiger partial charge < -0.3 is 14.5 Å². The minimum Gasteiger partial charge on any atom is -0.379 e. The number of carbonyl (C=O) groups excluding carboxylic acids is 1. The van der Waals surface area contributed by atoms with Crippen molar-refractivity contribution in [3.05, 3.63) is 47.5 Å². The third-order valence-electron chi connectivity index (χ3n) is 4.62. The smallest absolute Gasteiger partial charge is 0.246 e. The summed E-state index contributed by atoms with van der Waals surface area (Å²) in [5.41, 5.74) is 2.65. The quantitative estimate of drug-likeness (QED) is 0.752. The molecule has 1 fully saturated rings. The maximum Gasteiger partial charge on any atom is 0.246 e. The number of hydrogen-bond acceptors (Lipinski definition) is 3. The van der Waals surface area contributed by atoms with Crippen molar-refractivity contribution in [1.29, 1.82) is 0 Å². The lowest BCUT2D eigenvalue weighted by Crippen LogP contribution is -2.47. The van der Waals surface area contributed by atoms with Crippen molar-refractivity contribution in [3.8, 4) is 0 Å². The summed E-state index contributed by atoms with van der Waals surface area (Å²) in [5.74, 6) is 0.555. The fourth-order valence-electron chi connectivity index (χ4n) is 3.28. The summed E-state index contributed by atoms with van der Waals surface area (Å²) in [6.07, 6.45) is 5.71. The summed E-state index contributed by atoms with van der Waals surface area (Å²) in [7, 11) is 5.74. The second-order valence-corrected chi connectivity index (χ2v) is 6.96. The van der Waals surface area contributed by atoms with E-state index in [-0.39, 0.29) is 12.0 Å². The molecule has 1 amide bonds. The Balaban J connectivity index is 1.93. The highest BCUT2D eigenvalue weighted by atomic mass is 16.5. The van der Waals surface area contributed by atoms with Crippen LogP contribution in [0, 0.1) is 12.8 Å². The Kier molecular flexibility index (Phi) is 7.00. The first-order valence-corrected chi connectivity index (χ1v) is 8.68. The van der Waals surface area contributed by atoms with Gasteiger partial charge in [0.15, 0.2) is 0 Å². The lowest BCUT2D eigenvalue weighted by molar-refractivity contribution is -0.131. The Hall–Kier alpha value is -1.65. The van der Waals surface area contributed by atoms with E-state index in [1.807, 2.05) is 30.0 Å². The minimum atomic E-state index is 0.0907. The molecule has 0 saturated carbocycles. The number of likely N-dealkylation sites (N-methyl/N-ethyl adjacent to an activating group) is 1. The summed E-state index contributed by atoms with van der Waals surface area (Å²) in [4.78, 5) is 16.3. The molecule has 1 aromatic rings. The number of ether oxygens (including phenoxy) is 1. The Morgan fingerprint density at radius 3 is 2.88 bits per heavy atom. The van der Waals surface area contributed by atoms with E-state index in [1.54, 1.807) is 13.2 Å². The average molecular weight is 330 g/mol. The summed E-state index contributed by atoms with van der Waals surface area (Å²) in [5, 5.41) is 0. The number of aryl methyl sites for hydroxylation is 1. The number of methoxy groups -OCH3 is 1. The van der Waals surface area contributed by atoms with Crippen molar-refractivity contribution in [1.82, 2.24) is 9.80 Å². The average Bonchev–Trinajstić information content (AvgIpc) is 2.54. The summed E-state index contributed by atoms with van der Waals surface area (Å²) >= 11 is 0. The van der Waals surface area contributed by atoms with Crippen LogP contribution in [0.2, 0.25) is 0 Å². The molecule has 2 atom stereocenters. The van der Waals surface area contributed by atoms with E-state index in [4.69, 9.17) is 4.74 Å². The van der Waals surface area contributed by atoms with Crippen molar-refractivity contribution >= 4 is 5.91 Å². The number of piperidine rings is 1. The Morgan fingerprint density at radius 1 is 1.42 bits per heavy atom. The molecule has 0 aromatic heterocycles. The van der Waals surface area contributed by atoms with E-state index in [2.05, 4.69) is 31.2 Å². The van der Waals surface area contributed by atoms with Crippen LogP contribution < -0.4 is 0 Å². The second kappa shape index (κ2) is 9.00. The van der Waals surface area contributed by atoms with Gasteiger partial charge >= 0.3 is 0 Å². The minimum absolute atomic E-state index is 0.0907. The van der Waals surface area contributed by atoms with Gasteiger partial charge in [0.25, 0.3) is 0 Å². The van der Waals surface area contributed by atoms with Gasteiger partial charge in [-0.1, -0.05) is 35.9 Å². The highest BCUT2D eigenvalue weighted by Crippen LogP contribution is 2.24. The van der Waals surface area contributed by atoms with Crippen LogP contribution in [-0.2, 0) is 16.0 Å². The first kappa shape index (κ1) is 18.7. The van der Waals surface area contributed by atoms with E-state index in [9.17, 15) is 4.79 Å². The maximum atomic E-state index is 12.3. The fourth-order valence-corrected chi connectivity index (χ4v) is 3.28. The highest BCUT2D eigenvalue weighted by Gasteiger charge is 2.30. The molecule has 1 aromatic carbocycles. The van der Waals surface area contributed by atoms with Gasteiger partial charge in [-0.15, -0.1) is 0 Å². The Labute approximate surface area is 146 Å². The lowest BCUT2D eigenvalue weighted by Gasteiger charge is -2.37. The van der Waals surface area contributed by atoms with Gasteiger partial charge in [-0.2, -0.15) is 0 Å². The Morgan fingerprint density at radius 2 is 2.21 bits per heavy atom. The molecular weight excluding hydrogens is 300 g/mol. The van der Waals surface area contributed by atoms with Crippen molar-refractivity contribution in [2.45, 2.75) is 25.9 Å². The van der Waals surface area contributed by atoms with Crippen molar-refractivity contribution in [2.24, 2.45) is 5.92 Å². The van der Waals surface area contributed by atoms with Crippen LogP contribution in [-0.4, -0.2) is 62.7 Å². The van der Waals surface area contributed by atoms with E-state index in [1.165, 1.54) is 11.1 Å². The third kappa shape index (κ3) is 5.46. The van der Waals surface area contributed by atoms with Crippen molar-refractivity contribution in [2.75, 3.05) is 40.8 Å². The molecule has 0 N–H and O–H groups in total. The summed E-state index contributed by atoms with van der Waals surface area (Å²) in [6, 6.07) is 8.66. The summed E-state index contributed by atoms with van der Waals surface area (Å²) < 4.78 is 5.70. The maximum absolute atomic E-state index is 12.3. The normalized spacial score (nSPS) is 21.6. The van der Waals surface area contributed by atoms with Crippen LogP contribution >= 0.6 is 0 Å². The second-order valence-electron chi connectivity index (χ2n) is 6.96. The van der Waals surface area contributed by atoms with Crippen LogP contribution in [0.4, 0.5) is 0 Å². The molecule has 1 heterocycles. The van der Waals surface area contributed by atoms with E-state index >= 15 is 0 Å². The van der Waals surface area contributed by atoms with Gasteiger partial charge in [-0.3, -0.25) is 4.79 Å². The standard InChI is InChI=1S/C20H30N2O2/c1-16-7-5-8-17(13-16)14-18-10-12-22(15-19(18)24-4)20(23)9-6-11-21(2)3/h5-9,13,18-19H,10-12,14-15H2,1-4H3/b9-6+/t18-,19-/m1/s1. The number of benzene rings is 1. The molecule has 1 aliphatic heterocycles. The van der Waals surface area contributed by atoms with Gasteiger partial charge in [0, 0.05) is 32.8 Å². The van der Waals surface area contributed by atoms with Gasteiger partial charge in [0.1, 0.15) is 0 Å². The molecule has 0 unspecified atom stereocenters. The molecular formula is C20H30N2O2. The monoisotopic (exact) mass is 330 g/mol. The molecule has 2 rings (SSSR count). The number of hydrogen-bond donors (Lipinski definition) is 0. The first-order valence-electron chi connectivity index (χ1n) is 8.68. The molecule has 4 heteroatoms. The van der Waals surface area contributed by atoms with Crippen molar-refractivity contribution in [3.63, 3.8) is 0 Å². The Bertz CT molecular complexity index is 569. The van der Waals surface area contributed by atoms with Crippen LogP contribution in [0.3, 0.4) is 0 Å². The SMILES string of the molecule is CO[C@@H]1CN(C(=O)/C=C/CN(C)C)CC[C@@H]1Cc1cccc(C)c1. The molecule has 24 heavy (non-hydrogen) atoms. The van der Waals surface area contributed by atoms with Gasteiger partial charge in [0.05, 0.1) is 6.10 Å². The highest BCUT2D eigenvalue weighted by molar-refractivity contribution is 5.87. The zero-order valence-electron chi connectivity index (χ0n) is 15.4. The zero-order chi connectivity index (χ0) is 17.5. The molecule has 1 saturated heterocycles. The van der Waals surface area contributed by atoms with Gasteiger partial charge in [-0.05, 0) is 45.3 Å².